The molecule has 1 rings (SSSR count). The van der Waals surface area contributed by atoms with E-state index in [1.165, 1.54) is 0 Å². The van der Waals surface area contributed by atoms with E-state index in [0.29, 0.717) is 12.8 Å². The Morgan fingerprint density at radius 3 is 2.30 bits per heavy atom. The first-order chi connectivity index (χ1) is 14.1. The van der Waals surface area contributed by atoms with Crippen LogP contribution in [0.5, 0.6) is 0 Å². The number of amides is 2. The summed E-state index contributed by atoms with van der Waals surface area (Å²) in [6.07, 6.45) is 0.759. The molecule has 2 amide bonds. The minimum absolute atomic E-state index is 0.0376. The fourth-order valence-corrected chi connectivity index (χ4v) is 3.35. The van der Waals surface area contributed by atoms with Crippen LogP contribution < -0.4 is 16.4 Å². The van der Waals surface area contributed by atoms with Crippen LogP contribution in [0.4, 0.5) is 0 Å². The van der Waals surface area contributed by atoms with E-state index in [2.05, 4.69) is 10.6 Å². The van der Waals surface area contributed by atoms with Gasteiger partial charge in [0.2, 0.25) is 11.8 Å². The summed E-state index contributed by atoms with van der Waals surface area (Å²) in [5.74, 6) is -1.46. The number of nitrogens with two attached hydrogens (primary N) is 1. The molecule has 3 atom stereocenters. The Labute approximate surface area is 181 Å². The van der Waals surface area contributed by atoms with Gasteiger partial charge in [0.25, 0.3) is 0 Å². The van der Waals surface area contributed by atoms with Gasteiger partial charge in [-0.05, 0) is 31.0 Å². The van der Waals surface area contributed by atoms with Crippen LogP contribution >= 0.6 is 7.80 Å². The van der Waals surface area contributed by atoms with Crippen LogP contribution in [0.25, 0.3) is 0 Å². The second-order valence-corrected chi connectivity index (χ2v) is 9.45. The second kappa shape index (κ2) is 13.3. The average Bonchev–Trinajstić information content (AvgIpc) is 2.70. The van der Waals surface area contributed by atoms with Crippen LogP contribution in [0, 0.1) is 11.8 Å². The molecular weight excluding hydrogens is 400 g/mol. The van der Waals surface area contributed by atoms with Crippen LogP contribution in [-0.4, -0.2) is 56.5 Å². The second-order valence-electron chi connectivity index (χ2n) is 7.73. The van der Waals surface area contributed by atoms with Gasteiger partial charge in [-0.25, -0.2) is 0 Å². The first-order valence-electron chi connectivity index (χ1n) is 9.99. The third-order valence-electron chi connectivity index (χ3n) is 4.57. The lowest BCUT2D eigenvalue weighted by Crippen LogP contribution is -2.46. The molecule has 162 valence electrons. The molecule has 0 saturated carbocycles. The molecular formula is C21H31BN3O4P. The van der Waals surface area contributed by atoms with Gasteiger partial charge < -0.3 is 16.4 Å². The molecule has 9 heteroatoms. The summed E-state index contributed by atoms with van der Waals surface area (Å²) in [4.78, 5) is 49.2. The number of carbonyl (C=O) groups is 4. The van der Waals surface area contributed by atoms with Crippen molar-refractivity contribution < 1.29 is 19.2 Å². The maximum absolute atomic E-state index is 13.0. The van der Waals surface area contributed by atoms with Crippen LogP contribution in [0.2, 0.25) is 0 Å². The smallest absolute Gasteiger partial charge is 0.234 e. The van der Waals surface area contributed by atoms with Crippen LogP contribution in [0.1, 0.15) is 32.3 Å². The Morgan fingerprint density at radius 1 is 1.13 bits per heavy atom. The zero-order valence-corrected chi connectivity index (χ0v) is 18.8. The topological polar surface area (TPSA) is 118 Å². The third-order valence-corrected chi connectivity index (χ3v) is 5.52. The normalized spacial score (nSPS) is 13.9. The summed E-state index contributed by atoms with van der Waals surface area (Å²) in [5, 5.41) is 5.27. The lowest BCUT2D eigenvalue weighted by molar-refractivity contribution is -0.132. The number of carbonyl (C=O) groups excluding carboxylic acids is 4. The molecule has 0 saturated heterocycles. The Bertz CT molecular complexity index is 728. The fourth-order valence-electron chi connectivity index (χ4n) is 3.02. The Balaban J connectivity index is 2.90. The van der Waals surface area contributed by atoms with Gasteiger partial charge in [-0.2, -0.15) is 0 Å². The summed E-state index contributed by atoms with van der Waals surface area (Å²) in [6.45, 7) is 5.16. The van der Waals surface area contributed by atoms with Gasteiger partial charge in [-0.15, -0.1) is 0 Å². The van der Waals surface area contributed by atoms with Crippen molar-refractivity contribution in [3.8, 4) is 0 Å². The predicted molar refractivity (Wildman–Crippen MR) is 120 cm³/mol. The van der Waals surface area contributed by atoms with Crippen molar-refractivity contribution in [3.05, 3.63) is 35.9 Å². The Morgan fingerprint density at radius 2 is 1.77 bits per heavy atom. The molecule has 3 unspecified atom stereocenters. The van der Waals surface area contributed by atoms with Crippen LogP contribution in [0.3, 0.4) is 0 Å². The van der Waals surface area contributed by atoms with Crippen LogP contribution in [-0.2, 0) is 25.6 Å². The molecule has 7 nitrogen and oxygen atoms in total. The highest BCUT2D eigenvalue weighted by atomic mass is 31.1. The van der Waals surface area contributed by atoms with Crippen molar-refractivity contribution in [1.82, 2.24) is 10.6 Å². The van der Waals surface area contributed by atoms with Crippen LogP contribution in [0.15, 0.2) is 30.3 Å². The van der Waals surface area contributed by atoms with E-state index in [1.54, 1.807) is 6.66 Å². The fraction of sp³-hybridized carbons (Fsp3) is 0.524. The summed E-state index contributed by atoms with van der Waals surface area (Å²) >= 11 is 0. The molecule has 0 aliphatic rings. The lowest BCUT2D eigenvalue weighted by Gasteiger charge is -2.22. The summed E-state index contributed by atoms with van der Waals surface area (Å²) in [5.41, 5.74) is 6.07. The number of Topliss-reactive ketones (excluding diaryl/α,β-unsaturated/α-hetero) is 1. The molecule has 0 aromatic heterocycles. The van der Waals surface area contributed by atoms with Crippen molar-refractivity contribution in [1.29, 1.82) is 0 Å². The molecule has 0 fully saturated rings. The molecule has 0 aliphatic heterocycles. The number of nitrogens with one attached hydrogen (secondary N) is 2. The average molecular weight is 431 g/mol. The maximum atomic E-state index is 13.0. The van der Waals surface area contributed by atoms with E-state index in [-0.39, 0.29) is 42.6 Å². The van der Waals surface area contributed by atoms with Gasteiger partial charge >= 0.3 is 0 Å². The van der Waals surface area contributed by atoms with Gasteiger partial charge in [0.15, 0.2) is 11.3 Å². The zero-order chi connectivity index (χ0) is 22.7. The molecule has 0 aliphatic carbocycles. The Hall–Kier alpha value is -2.05. The van der Waals surface area contributed by atoms with Crippen molar-refractivity contribution in [2.24, 2.45) is 17.6 Å². The highest BCUT2D eigenvalue weighted by molar-refractivity contribution is 7.94. The monoisotopic (exact) mass is 431 g/mol. The van der Waals surface area contributed by atoms with E-state index < -0.39 is 25.7 Å². The summed E-state index contributed by atoms with van der Waals surface area (Å²) in [6, 6.07) is 8.54. The van der Waals surface area contributed by atoms with Crippen molar-refractivity contribution >= 4 is 38.5 Å². The first kappa shape index (κ1) is 26.0. The summed E-state index contributed by atoms with van der Waals surface area (Å²) in [7, 11) is 4.32. The van der Waals surface area contributed by atoms with E-state index in [1.807, 2.05) is 44.2 Å². The van der Waals surface area contributed by atoms with Gasteiger partial charge in [0, 0.05) is 12.3 Å². The standard InChI is InChI=1S/C21H31BN3O4P/c1-14(2)9-16(21(29)24-13-20(28)30(3)22)11-18(26)17(25-19(27)12-23)10-15-7-5-4-6-8-15/h4-8,14,16-17H,9-13,23H2,1-3H3,(H,24,29)(H,25,27). The minimum atomic E-state index is -1.28. The van der Waals surface area contributed by atoms with Gasteiger partial charge in [0.05, 0.1) is 19.1 Å². The van der Waals surface area contributed by atoms with E-state index in [4.69, 9.17) is 13.3 Å². The first-order valence-corrected chi connectivity index (χ1v) is 11.8. The number of ketones is 1. The molecule has 2 radical (unpaired) electrons. The SMILES string of the molecule is [B]P(C)C(=O)CNC(=O)C(CC(=O)C(Cc1ccccc1)NC(=O)CN)CC(C)C. The summed E-state index contributed by atoms with van der Waals surface area (Å²) < 4.78 is 0. The van der Waals surface area contributed by atoms with E-state index >= 15 is 0 Å². The zero-order valence-electron chi connectivity index (χ0n) is 17.9. The van der Waals surface area contributed by atoms with Crippen molar-refractivity contribution in [2.45, 2.75) is 39.2 Å². The largest absolute Gasteiger partial charge is 0.348 e. The number of benzene rings is 1. The van der Waals surface area contributed by atoms with Crippen molar-refractivity contribution in [2.75, 3.05) is 19.8 Å². The third kappa shape index (κ3) is 9.64. The maximum Gasteiger partial charge on any atom is 0.234 e. The van der Waals surface area contributed by atoms with Gasteiger partial charge in [-0.3, -0.25) is 19.2 Å². The molecule has 30 heavy (non-hydrogen) atoms. The highest BCUT2D eigenvalue weighted by Gasteiger charge is 2.28. The van der Waals surface area contributed by atoms with E-state index in [0.717, 1.165) is 5.56 Å². The quantitative estimate of drug-likeness (QED) is 0.320. The molecule has 0 bridgehead atoms. The highest BCUT2D eigenvalue weighted by Crippen LogP contribution is 2.23. The lowest BCUT2D eigenvalue weighted by atomic mass is 9.88. The van der Waals surface area contributed by atoms with Gasteiger partial charge in [-0.1, -0.05) is 52.0 Å². The van der Waals surface area contributed by atoms with E-state index in [9.17, 15) is 19.2 Å². The van der Waals surface area contributed by atoms with Gasteiger partial charge in [0.1, 0.15) is 7.57 Å². The molecule has 4 N–H and O–H groups in total. The molecule has 0 heterocycles. The predicted octanol–water partition coefficient (Wildman–Crippen LogP) is 1.13. The molecule has 0 spiro atoms. The van der Waals surface area contributed by atoms with Crippen molar-refractivity contribution in [3.63, 3.8) is 0 Å². The number of rotatable bonds is 13. The number of hydrogen-bond donors (Lipinski definition) is 3. The molecule has 1 aromatic rings. The number of hydrogen-bond acceptors (Lipinski definition) is 5. The minimum Gasteiger partial charge on any atom is -0.348 e. The Kier molecular flexibility index (Phi) is 11.5. The molecule has 1 aromatic carbocycles.